The Hall–Kier alpha value is -0.160. The van der Waals surface area contributed by atoms with E-state index in [9.17, 15) is 5.11 Å². The smallest absolute Gasteiger partial charge is 0.0564 e. The summed E-state index contributed by atoms with van der Waals surface area (Å²) in [5.41, 5.74) is 0.488. The average Bonchev–Trinajstić information content (AvgIpc) is 2.44. The van der Waals surface area contributed by atoms with Gasteiger partial charge in [0.25, 0.3) is 0 Å². The Morgan fingerprint density at radius 2 is 1.61 bits per heavy atom. The lowest BCUT2D eigenvalue weighted by Crippen LogP contribution is -2.60. The molecular weight excluding hydrogens is 286 g/mol. The fraction of sp³-hybridized carbons (Fsp3) is 1.00. The second kappa shape index (κ2) is 7.38. The van der Waals surface area contributed by atoms with Crippen LogP contribution in [-0.2, 0) is 0 Å². The largest absolute Gasteiger partial charge is 0.393 e. The Labute approximate surface area is 143 Å². The first kappa shape index (κ1) is 19.2. The van der Waals surface area contributed by atoms with Crippen LogP contribution in [0.15, 0.2) is 0 Å². The summed E-state index contributed by atoms with van der Waals surface area (Å²) >= 11 is 0. The third kappa shape index (κ3) is 5.42. The highest BCUT2D eigenvalue weighted by Crippen LogP contribution is 2.27. The van der Waals surface area contributed by atoms with Gasteiger partial charge in [-0.2, -0.15) is 0 Å². The number of hydrogen-bond donors (Lipinski definition) is 2. The highest BCUT2D eigenvalue weighted by atomic mass is 16.3. The molecule has 23 heavy (non-hydrogen) atoms. The molecule has 2 aliphatic rings. The van der Waals surface area contributed by atoms with Crippen molar-refractivity contribution in [3.05, 3.63) is 0 Å². The van der Waals surface area contributed by atoms with Gasteiger partial charge in [-0.15, -0.1) is 0 Å². The molecule has 4 nitrogen and oxygen atoms in total. The van der Waals surface area contributed by atoms with Gasteiger partial charge in [-0.25, -0.2) is 0 Å². The van der Waals surface area contributed by atoms with Crippen LogP contribution in [0.1, 0.15) is 67.2 Å². The second-order valence-corrected chi connectivity index (χ2v) is 9.41. The van der Waals surface area contributed by atoms with Gasteiger partial charge in [-0.3, -0.25) is 9.80 Å². The van der Waals surface area contributed by atoms with E-state index in [0.29, 0.717) is 12.1 Å². The van der Waals surface area contributed by atoms with Crippen molar-refractivity contribution < 1.29 is 5.11 Å². The molecule has 0 aliphatic carbocycles. The van der Waals surface area contributed by atoms with Crippen molar-refractivity contribution in [3.63, 3.8) is 0 Å². The number of aliphatic hydroxyl groups is 1. The fourth-order valence-corrected chi connectivity index (χ4v) is 4.06. The van der Waals surface area contributed by atoms with E-state index < -0.39 is 0 Å². The quantitative estimate of drug-likeness (QED) is 0.833. The zero-order chi connectivity index (χ0) is 17.3. The van der Waals surface area contributed by atoms with Gasteiger partial charge in [0, 0.05) is 49.3 Å². The van der Waals surface area contributed by atoms with Crippen molar-refractivity contribution in [1.29, 1.82) is 0 Å². The summed E-state index contributed by atoms with van der Waals surface area (Å²) < 4.78 is 0. The predicted molar refractivity (Wildman–Crippen MR) is 97.8 cm³/mol. The molecule has 4 heteroatoms. The normalized spacial score (nSPS) is 29.9. The fourth-order valence-electron chi connectivity index (χ4n) is 4.06. The second-order valence-electron chi connectivity index (χ2n) is 9.41. The first-order valence-electron chi connectivity index (χ1n) is 9.52. The summed E-state index contributed by atoms with van der Waals surface area (Å²) in [5, 5.41) is 13.5. The van der Waals surface area contributed by atoms with E-state index in [-0.39, 0.29) is 17.2 Å². The molecule has 0 amide bonds. The van der Waals surface area contributed by atoms with Crippen molar-refractivity contribution in [3.8, 4) is 0 Å². The Balaban J connectivity index is 1.86. The summed E-state index contributed by atoms with van der Waals surface area (Å²) in [7, 11) is 0. The molecule has 0 radical (unpaired) electrons. The number of nitrogens with zero attached hydrogens (tertiary/aromatic N) is 2. The number of likely N-dealkylation sites (tertiary alicyclic amines) is 1. The Morgan fingerprint density at radius 3 is 2.17 bits per heavy atom. The first-order valence-corrected chi connectivity index (χ1v) is 9.52. The van der Waals surface area contributed by atoms with Gasteiger partial charge in [0.15, 0.2) is 0 Å². The molecule has 0 unspecified atom stereocenters. The van der Waals surface area contributed by atoms with Gasteiger partial charge in [0.2, 0.25) is 0 Å². The number of rotatable bonds is 4. The monoisotopic (exact) mass is 325 g/mol. The van der Waals surface area contributed by atoms with Crippen LogP contribution in [0.2, 0.25) is 0 Å². The van der Waals surface area contributed by atoms with Crippen LogP contribution in [0.3, 0.4) is 0 Å². The Bertz CT molecular complexity index is 369. The van der Waals surface area contributed by atoms with Crippen molar-refractivity contribution in [2.24, 2.45) is 0 Å². The molecule has 0 aromatic carbocycles. The number of nitrogens with one attached hydrogen (secondary N) is 1. The highest BCUT2D eigenvalue weighted by Gasteiger charge is 2.34. The van der Waals surface area contributed by atoms with Crippen LogP contribution in [0.25, 0.3) is 0 Å². The third-order valence-corrected chi connectivity index (χ3v) is 5.83. The first-order chi connectivity index (χ1) is 10.6. The van der Waals surface area contributed by atoms with Crippen molar-refractivity contribution >= 4 is 0 Å². The van der Waals surface area contributed by atoms with Crippen molar-refractivity contribution in [2.75, 3.05) is 26.2 Å². The minimum Gasteiger partial charge on any atom is -0.393 e. The summed E-state index contributed by atoms with van der Waals surface area (Å²) in [6, 6.07) is 1.16. The molecule has 2 N–H and O–H groups in total. The maximum absolute atomic E-state index is 9.72. The van der Waals surface area contributed by atoms with Crippen LogP contribution in [-0.4, -0.2) is 70.4 Å². The van der Waals surface area contributed by atoms with Gasteiger partial charge >= 0.3 is 0 Å². The van der Waals surface area contributed by atoms with Gasteiger partial charge < -0.3 is 10.4 Å². The molecule has 2 rings (SSSR count). The Kier molecular flexibility index (Phi) is 6.15. The molecule has 136 valence electrons. The number of piperazine rings is 1. The molecule has 2 saturated heterocycles. The predicted octanol–water partition coefficient (Wildman–Crippen LogP) is 2.46. The van der Waals surface area contributed by atoms with Gasteiger partial charge in [-0.1, -0.05) is 0 Å². The van der Waals surface area contributed by atoms with E-state index in [2.05, 4.69) is 56.7 Å². The number of aliphatic hydroxyl groups excluding tert-OH is 1. The number of hydrogen-bond acceptors (Lipinski definition) is 4. The zero-order valence-electron chi connectivity index (χ0n) is 16.2. The lowest BCUT2D eigenvalue weighted by Gasteiger charge is -2.46. The maximum Gasteiger partial charge on any atom is 0.0564 e. The van der Waals surface area contributed by atoms with Crippen molar-refractivity contribution in [1.82, 2.24) is 15.1 Å². The lowest BCUT2D eigenvalue weighted by molar-refractivity contribution is 0.0204. The van der Waals surface area contributed by atoms with E-state index in [1.807, 2.05) is 0 Å². The molecule has 0 bridgehead atoms. The standard InChI is InChI=1S/C19H39N3O/c1-15-13-22(18(2,3)4)14-16(20-15)7-10-19(5,6)21-11-8-17(23)9-12-21/h15-17,20,23H,7-14H2,1-6H3/t15-,16+/m0/s1. The van der Waals surface area contributed by atoms with E-state index in [0.717, 1.165) is 39.0 Å². The van der Waals surface area contributed by atoms with Gasteiger partial charge in [0.05, 0.1) is 6.10 Å². The average molecular weight is 326 g/mol. The van der Waals surface area contributed by atoms with E-state index >= 15 is 0 Å². The summed E-state index contributed by atoms with van der Waals surface area (Å²) in [4.78, 5) is 5.20. The summed E-state index contributed by atoms with van der Waals surface area (Å²) in [6.07, 6.45) is 4.22. The Morgan fingerprint density at radius 1 is 1.00 bits per heavy atom. The molecule has 0 spiro atoms. The molecule has 2 atom stereocenters. The molecule has 2 fully saturated rings. The van der Waals surface area contributed by atoms with E-state index in [1.54, 1.807) is 0 Å². The van der Waals surface area contributed by atoms with Gasteiger partial charge in [-0.05, 0) is 67.2 Å². The topological polar surface area (TPSA) is 38.7 Å². The lowest BCUT2D eigenvalue weighted by atomic mass is 9.89. The molecule has 0 saturated carbocycles. The third-order valence-electron chi connectivity index (χ3n) is 5.83. The SMILES string of the molecule is C[C@H]1CN(C(C)(C)C)C[C@@H](CCC(C)(C)N2CCC(O)CC2)N1. The zero-order valence-corrected chi connectivity index (χ0v) is 16.2. The molecular formula is C19H39N3O. The highest BCUT2D eigenvalue weighted by molar-refractivity contribution is 4.92. The van der Waals surface area contributed by atoms with Crippen LogP contribution in [0.4, 0.5) is 0 Å². The van der Waals surface area contributed by atoms with Crippen LogP contribution in [0.5, 0.6) is 0 Å². The van der Waals surface area contributed by atoms with Crippen LogP contribution in [0, 0.1) is 0 Å². The van der Waals surface area contributed by atoms with E-state index in [1.165, 1.54) is 12.8 Å². The van der Waals surface area contributed by atoms with Crippen LogP contribution < -0.4 is 5.32 Å². The minimum absolute atomic E-state index is 0.0803. The summed E-state index contributed by atoms with van der Waals surface area (Å²) in [5.74, 6) is 0. The number of piperidine rings is 1. The molecule has 2 aliphatic heterocycles. The molecule has 2 heterocycles. The van der Waals surface area contributed by atoms with Gasteiger partial charge in [0.1, 0.15) is 0 Å². The minimum atomic E-state index is -0.0803. The molecule has 0 aromatic heterocycles. The van der Waals surface area contributed by atoms with Crippen molar-refractivity contribution in [2.45, 2.75) is 96.5 Å². The van der Waals surface area contributed by atoms with Crippen LogP contribution >= 0.6 is 0 Å². The van der Waals surface area contributed by atoms with E-state index in [4.69, 9.17) is 0 Å². The maximum atomic E-state index is 9.72. The summed E-state index contributed by atoms with van der Waals surface area (Å²) in [6.45, 7) is 18.4. The molecule has 0 aromatic rings.